The van der Waals surface area contributed by atoms with Gasteiger partial charge in [0, 0.05) is 13.1 Å². The molecule has 1 heterocycles. The Kier molecular flexibility index (Phi) is 17.8. The van der Waals surface area contributed by atoms with Gasteiger partial charge in [-0.25, -0.2) is 0 Å². The van der Waals surface area contributed by atoms with Gasteiger partial charge < -0.3 is 4.90 Å². The third-order valence-electron chi connectivity index (χ3n) is 8.41. The van der Waals surface area contributed by atoms with Crippen LogP contribution in [0.25, 0.3) is 0 Å². The van der Waals surface area contributed by atoms with Gasteiger partial charge in [0.25, 0.3) is 0 Å². The van der Waals surface area contributed by atoms with E-state index >= 15 is 0 Å². The molecule has 0 aromatic carbocycles. The van der Waals surface area contributed by atoms with Crippen molar-refractivity contribution in [2.75, 3.05) is 19.6 Å². The maximum Gasteiger partial charge on any atom is 0.000989 e. The van der Waals surface area contributed by atoms with Crippen molar-refractivity contribution in [1.29, 1.82) is 0 Å². The molecule has 0 amide bonds. The van der Waals surface area contributed by atoms with E-state index in [1.807, 2.05) is 0 Å². The quantitative estimate of drug-likeness (QED) is 0.169. The van der Waals surface area contributed by atoms with E-state index in [2.05, 4.69) is 85.4 Å². The van der Waals surface area contributed by atoms with Crippen LogP contribution in [-0.4, -0.2) is 24.5 Å². The molecule has 0 spiro atoms. The number of likely N-dealkylation sites (tertiary alicyclic amines) is 1. The van der Waals surface area contributed by atoms with Gasteiger partial charge in [0.05, 0.1) is 0 Å². The molecule has 1 heteroatoms. The van der Waals surface area contributed by atoms with E-state index in [0.29, 0.717) is 0 Å². The standard InChI is InChI=1S/C35H65N/c1-28(2)13-10-16-31(7)19-21-34-25-35(22-20-32(8)17-11-14-29(3)4)27-36(26-34)24-23-33(9)18-12-15-30(5)6/h13-15,31-35H,10-12,16-27H2,1-9H3. The molecule has 1 saturated heterocycles. The molecule has 0 aromatic heterocycles. The summed E-state index contributed by atoms with van der Waals surface area (Å²) in [6, 6.07) is 0. The van der Waals surface area contributed by atoms with Crippen molar-refractivity contribution in [3.8, 4) is 0 Å². The smallest absolute Gasteiger partial charge is 0.000989 e. The molecule has 5 unspecified atom stereocenters. The van der Waals surface area contributed by atoms with Gasteiger partial charge in [-0.15, -0.1) is 0 Å². The Morgan fingerprint density at radius 2 is 0.944 bits per heavy atom. The zero-order chi connectivity index (χ0) is 26.9. The second-order valence-corrected chi connectivity index (χ2v) is 13.6. The molecular weight excluding hydrogens is 434 g/mol. The normalized spacial score (nSPS) is 20.9. The summed E-state index contributed by atoms with van der Waals surface area (Å²) in [6.07, 6.45) is 23.7. The lowest BCUT2D eigenvalue weighted by Gasteiger charge is -2.39. The fraction of sp³-hybridized carbons (Fsp3) is 0.829. The first kappa shape index (κ1) is 33.2. The lowest BCUT2D eigenvalue weighted by Crippen LogP contribution is -2.41. The molecule has 1 nitrogen and oxygen atoms in total. The van der Waals surface area contributed by atoms with Crippen LogP contribution in [0, 0.1) is 29.6 Å². The van der Waals surface area contributed by atoms with Gasteiger partial charge >= 0.3 is 0 Å². The first-order valence-electron chi connectivity index (χ1n) is 15.7. The van der Waals surface area contributed by atoms with Gasteiger partial charge in [-0.1, -0.05) is 68.6 Å². The van der Waals surface area contributed by atoms with Crippen molar-refractivity contribution in [1.82, 2.24) is 4.90 Å². The summed E-state index contributed by atoms with van der Waals surface area (Å²) in [5.41, 5.74) is 4.41. The molecule has 5 atom stereocenters. The lowest BCUT2D eigenvalue weighted by atomic mass is 9.81. The van der Waals surface area contributed by atoms with Crippen molar-refractivity contribution >= 4 is 0 Å². The third kappa shape index (κ3) is 17.6. The highest BCUT2D eigenvalue weighted by Gasteiger charge is 2.27. The highest BCUT2D eigenvalue weighted by atomic mass is 15.1. The maximum absolute atomic E-state index is 2.87. The van der Waals surface area contributed by atoms with E-state index in [1.165, 1.54) is 113 Å². The molecule has 1 fully saturated rings. The summed E-state index contributed by atoms with van der Waals surface area (Å²) < 4.78 is 0. The second kappa shape index (κ2) is 19.3. The van der Waals surface area contributed by atoms with Crippen molar-refractivity contribution in [2.24, 2.45) is 29.6 Å². The Morgan fingerprint density at radius 3 is 1.31 bits per heavy atom. The first-order chi connectivity index (χ1) is 17.0. The zero-order valence-corrected chi connectivity index (χ0v) is 26.2. The number of piperidine rings is 1. The number of rotatable bonds is 18. The maximum atomic E-state index is 2.87. The minimum absolute atomic E-state index is 0.838. The SMILES string of the molecule is CC(C)=CCCC(C)CCC1CC(CCC(C)CCC=C(C)C)CN(CCC(C)CCC=C(C)C)C1. The number of hydrogen-bond acceptors (Lipinski definition) is 1. The van der Waals surface area contributed by atoms with Crippen LogP contribution in [0.5, 0.6) is 0 Å². The van der Waals surface area contributed by atoms with Crippen LogP contribution in [0.4, 0.5) is 0 Å². The largest absolute Gasteiger partial charge is 0.303 e. The minimum atomic E-state index is 0.838. The molecule has 1 aliphatic heterocycles. The van der Waals surface area contributed by atoms with E-state index in [-0.39, 0.29) is 0 Å². The summed E-state index contributed by atoms with van der Waals surface area (Å²) in [6.45, 7) is 24.8. The molecular formula is C35H65N. The van der Waals surface area contributed by atoms with Gasteiger partial charge in [-0.05, 0) is 142 Å². The van der Waals surface area contributed by atoms with Crippen LogP contribution < -0.4 is 0 Å². The van der Waals surface area contributed by atoms with Gasteiger partial charge in [0.15, 0.2) is 0 Å². The fourth-order valence-corrected chi connectivity index (χ4v) is 5.87. The Bertz CT molecular complexity index is 545. The average Bonchev–Trinajstić information content (AvgIpc) is 2.79. The summed E-state index contributed by atoms with van der Waals surface area (Å²) in [5, 5.41) is 0. The molecule has 0 bridgehead atoms. The summed E-state index contributed by atoms with van der Waals surface area (Å²) in [4.78, 5) is 2.87. The fourth-order valence-electron chi connectivity index (χ4n) is 5.87. The summed E-state index contributed by atoms with van der Waals surface area (Å²) in [5.74, 6) is 4.39. The molecule has 0 aliphatic carbocycles. The monoisotopic (exact) mass is 500 g/mol. The summed E-state index contributed by atoms with van der Waals surface area (Å²) in [7, 11) is 0. The van der Waals surface area contributed by atoms with Crippen LogP contribution in [0.15, 0.2) is 34.9 Å². The van der Waals surface area contributed by atoms with E-state index in [9.17, 15) is 0 Å². The zero-order valence-electron chi connectivity index (χ0n) is 26.2. The van der Waals surface area contributed by atoms with E-state index in [1.54, 1.807) is 0 Å². The van der Waals surface area contributed by atoms with Crippen LogP contribution >= 0.6 is 0 Å². The third-order valence-corrected chi connectivity index (χ3v) is 8.41. The number of hydrogen-bond donors (Lipinski definition) is 0. The lowest BCUT2D eigenvalue weighted by molar-refractivity contribution is 0.102. The van der Waals surface area contributed by atoms with Gasteiger partial charge in [-0.3, -0.25) is 0 Å². The Hall–Kier alpha value is -0.820. The molecule has 0 saturated carbocycles. The van der Waals surface area contributed by atoms with Gasteiger partial charge in [0.1, 0.15) is 0 Å². The van der Waals surface area contributed by atoms with Gasteiger partial charge in [-0.2, -0.15) is 0 Å². The van der Waals surface area contributed by atoms with Crippen molar-refractivity contribution in [2.45, 2.75) is 139 Å². The topological polar surface area (TPSA) is 3.24 Å². The molecule has 210 valence electrons. The highest BCUT2D eigenvalue weighted by Crippen LogP contribution is 2.32. The number of allylic oxidation sites excluding steroid dienone is 6. The molecule has 0 N–H and O–H groups in total. The molecule has 0 radical (unpaired) electrons. The Labute approximate surface area is 228 Å². The molecule has 1 rings (SSSR count). The Morgan fingerprint density at radius 1 is 0.583 bits per heavy atom. The molecule has 0 aromatic rings. The molecule has 36 heavy (non-hydrogen) atoms. The van der Waals surface area contributed by atoms with Crippen molar-refractivity contribution < 1.29 is 0 Å². The van der Waals surface area contributed by atoms with E-state index < -0.39 is 0 Å². The highest BCUT2D eigenvalue weighted by molar-refractivity contribution is 4.94. The van der Waals surface area contributed by atoms with Gasteiger partial charge in [0.2, 0.25) is 0 Å². The summed E-state index contributed by atoms with van der Waals surface area (Å²) >= 11 is 0. The average molecular weight is 500 g/mol. The van der Waals surface area contributed by atoms with Crippen LogP contribution in [-0.2, 0) is 0 Å². The second-order valence-electron chi connectivity index (χ2n) is 13.6. The Balaban J connectivity index is 2.58. The van der Waals surface area contributed by atoms with Crippen LogP contribution in [0.2, 0.25) is 0 Å². The van der Waals surface area contributed by atoms with Crippen molar-refractivity contribution in [3.63, 3.8) is 0 Å². The van der Waals surface area contributed by atoms with Crippen LogP contribution in [0.1, 0.15) is 139 Å². The first-order valence-corrected chi connectivity index (χ1v) is 15.7. The van der Waals surface area contributed by atoms with E-state index in [4.69, 9.17) is 0 Å². The van der Waals surface area contributed by atoms with E-state index in [0.717, 1.165) is 29.6 Å². The molecule has 1 aliphatic rings. The number of nitrogens with zero attached hydrogens (tertiary/aromatic N) is 1. The predicted octanol–water partition coefficient (Wildman–Crippen LogP) is 11.0. The minimum Gasteiger partial charge on any atom is -0.303 e. The predicted molar refractivity (Wildman–Crippen MR) is 165 cm³/mol. The van der Waals surface area contributed by atoms with Crippen molar-refractivity contribution in [3.05, 3.63) is 34.9 Å². The van der Waals surface area contributed by atoms with Crippen LogP contribution in [0.3, 0.4) is 0 Å².